The number of benzene rings is 1. The molecule has 9 heteroatoms. The summed E-state index contributed by atoms with van der Waals surface area (Å²) >= 11 is 1.28. The lowest BCUT2D eigenvalue weighted by molar-refractivity contribution is -0.123. The molecule has 1 aromatic carbocycles. The SMILES string of the molecule is Cc1nnc(NC(=O)Nc2ccc(N3C(=O)[C@@H]4[C@@H](C3=O)[C@H]3C=C[C@H]4C3)cc2)s1. The molecule has 1 saturated carbocycles. The van der Waals surface area contributed by atoms with Gasteiger partial charge in [0, 0.05) is 5.69 Å². The van der Waals surface area contributed by atoms with E-state index >= 15 is 0 Å². The summed E-state index contributed by atoms with van der Waals surface area (Å²) in [7, 11) is 0. The van der Waals surface area contributed by atoms with Crippen molar-refractivity contribution in [2.75, 3.05) is 15.5 Å². The zero-order valence-corrected chi connectivity index (χ0v) is 15.8. The van der Waals surface area contributed by atoms with Gasteiger partial charge < -0.3 is 5.32 Å². The fraction of sp³-hybridized carbons (Fsp3) is 0.316. The van der Waals surface area contributed by atoms with Crippen LogP contribution < -0.4 is 15.5 Å². The Morgan fingerprint density at radius 1 is 1.04 bits per heavy atom. The number of amides is 4. The Balaban J connectivity index is 1.28. The third-order valence-electron chi connectivity index (χ3n) is 5.60. The van der Waals surface area contributed by atoms with Crippen LogP contribution in [0.3, 0.4) is 0 Å². The zero-order chi connectivity index (χ0) is 19.4. The molecule has 0 unspecified atom stereocenters. The highest BCUT2D eigenvalue weighted by Gasteiger charge is 2.59. The molecule has 2 heterocycles. The fourth-order valence-corrected chi connectivity index (χ4v) is 5.04. The number of fused-ring (bicyclic) bond motifs is 5. The Morgan fingerprint density at radius 3 is 2.25 bits per heavy atom. The summed E-state index contributed by atoms with van der Waals surface area (Å²) in [5.74, 6) is -0.299. The number of allylic oxidation sites excluding steroid dienone is 2. The number of imide groups is 1. The second-order valence-electron chi connectivity index (χ2n) is 7.26. The number of aryl methyl sites for hydroxylation is 1. The van der Waals surface area contributed by atoms with Gasteiger partial charge in [0.25, 0.3) is 0 Å². The van der Waals surface area contributed by atoms with Crippen molar-refractivity contribution in [3.8, 4) is 0 Å². The molecule has 142 valence electrons. The average Bonchev–Trinajstić information content (AvgIpc) is 3.42. The topological polar surface area (TPSA) is 104 Å². The third-order valence-corrected chi connectivity index (χ3v) is 6.35. The highest BCUT2D eigenvalue weighted by Crippen LogP contribution is 2.53. The second kappa shape index (κ2) is 6.23. The normalized spacial score (nSPS) is 27.4. The van der Waals surface area contributed by atoms with E-state index in [1.54, 1.807) is 31.2 Å². The van der Waals surface area contributed by atoms with Crippen molar-refractivity contribution in [2.24, 2.45) is 23.7 Å². The number of rotatable bonds is 3. The Kier molecular flexibility index (Phi) is 3.80. The minimum atomic E-state index is -0.436. The van der Waals surface area contributed by atoms with Crippen LogP contribution in [0.2, 0.25) is 0 Å². The van der Waals surface area contributed by atoms with E-state index in [2.05, 4.69) is 33.0 Å². The number of urea groups is 1. The first-order valence-corrected chi connectivity index (χ1v) is 9.87. The van der Waals surface area contributed by atoms with Gasteiger partial charge in [-0.2, -0.15) is 0 Å². The summed E-state index contributed by atoms with van der Waals surface area (Å²) in [6, 6.07) is 6.26. The number of anilines is 3. The molecule has 5 rings (SSSR count). The van der Waals surface area contributed by atoms with E-state index in [4.69, 9.17) is 0 Å². The van der Waals surface area contributed by atoms with E-state index < -0.39 is 6.03 Å². The van der Waals surface area contributed by atoms with Gasteiger partial charge in [0.05, 0.1) is 17.5 Å². The largest absolute Gasteiger partial charge is 0.325 e. The fourth-order valence-electron chi connectivity index (χ4n) is 4.46. The van der Waals surface area contributed by atoms with Gasteiger partial charge in [-0.05, 0) is 49.4 Å². The highest BCUT2D eigenvalue weighted by atomic mass is 32.1. The van der Waals surface area contributed by atoms with Crippen LogP contribution >= 0.6 is 11.3 Å². The first kappa shape index (κ1) is 17.1. The van der Waals surface area contributed by atoms with Crippen molar-refractivity contribution in [1.29, 1.82) is 0 Å². The summed E-state index contributed by atoms with van der Waals surface area (Å²) in [4.78, 5) is 39.0. The second-order valence-corrected chi connectivity index (χ2v) is 8.45. The van der Waals surface area contributed by atoms with Crippen LogP contribution in [0.5, 0.6) is 0 Å². The molecule has 2 aliphatic carbocycles. The molecule has 2 N–H and O–H groups in total. The Morgan fingerprint density at radius 2 is 1.68 bits per heavy atom. The van der Waals surface area contributed by atoms with Gasteiger partial charge in [0.1, 0.15) is 5.01 Å². The van der Waals surface area contributed by atoms with Gasteiger partial charge in [-0.25, -0.2) is 4.79 Å². The Hall–Kier alpha value is -3.07. The standard InChI is InChI=1S/C19H17N5O3S/c1-9-22-23-19(28-9)21-18(27)20-12-4-6-13(7-5-12)24-16(25)14-10-2-3-11(8-10)15(14)17(24)26/h2-7,10-11,14-15H,8H2,1H3,(H2,20,21,23,27)/t10-,11-,14-,15-/m0/s1. The van der Waals surface area contributed by atoms with Crippen molar-refractivity contribution < 1.29 is 14.4 Å². The van der Waals surface area contributed by atoms with Crippen molar-refractivity contribution in [2.45, 2.75) is 13.3 Å². The van der Waals surface area contributed by atoms with Gasteiger partial charge >= 0.3 is 6.03 Å². The summed E-state index contributed by atoms with van der Waals surface area (Å²) in [6.07, 6.45) is 5.06. The van der Waals surface area contributed by atoms with Crippen LogP contribution in [-0.4, -0.2) is 28.0 Å². The zero-order valence-electron chi connectivity index (χ0n) is 15.0. The number of nitrogens with one attached hydrogen (secondary N) is 2. The summed E-state index contributed by atoms with van der Waals surface area (Å²) in [5.41, 5.74) is 1.08. The molecule has 28 heavy (non-hydrogen) atoms. The number of carbonyl (C=O) groups is 3. The average molecular weight is 395 g/mol. The van der Waals surface area contributed by atoms with E-state index in [1.165, 1.54) is 16.2 Å². The van der Waals surface area contributed by atoms with Crippen molar-refractivity contribution in [3.63, 3.8) is 0 Å². The van der Waals surface area contributed by atoms with Crippen LogP contribution in [0, 0.1) is 30.6 Å². The van der Waals surface area contributed by atoms with E-state index in [-0.39, 0.29) is 35.5 Å². The maximum absolute atomic E-state index is 12.8. The number of aromatic nitrogens is 2. The molecule has 1 aliphatic heterocycles. The van der Waals surface area contributed by atoms with E-state index in [0.717, 1.165) is 11.4 Å². The molecule has 2 fully saturated rings. The lowest BCUT2D eigenvalue weighted by atomic mass is 9.85. The lowest BCUT2D eigenvalue weighted by Crippen LogP contribution is -2.32. The minimum absolute atomic E-state index is 0.114. The van der Waals surface area contributed by atoms with Crippen molar-refractivity contribution in [3.05, 3.63) is 41.4 Å². The molecule has 8 nitrogen and oxygen atoms in total. The smallest absolute Gasteiger partial charge is 0.308 e. The predicted molar refractivity (Wildman–Crippen MR) is 104 cm³/mol. The first-order chi connectivity index (χ1) is 13.5. The van der Waals surface area contributed by atoms with Gasteiger partial charge in [-0.3, -0.25) is 19.8 Å². The Labute approximate surface area is 164 Å². The third kappa shape index (κ3) is 2.62. The van der Waals surface area contributed by atoms with Crippen molar-refractivity contribution >= 4 is 45.7 Å². The number of nitrogens with zero attached hydrogens (tertiary/aromatic N) is 3. The van der Waals surface area contributed by atoms with E-state index in [0.29, 0.717) is 16.5 Å². The van der Waals surface area contributed by atoms with Gasteiger partial charge in [-0.1, -0.05) is 23.5 Å². The number of carbonyl (C=O) groups excluding carboxylic acids is 3. The predicted octanol–water partition coefficient (Wildman–Crippen LogP) is 2.80. The quantitative estimate of drug-likeness (QED) is 0.614. The van der Waals surface area contributed by atoms with Gasteiger partial charge in [-0.15, -0.1) is 10.2 Å². The van der Waals surface area contributed by atoms with Gasteiger partial charge in [0.15, 0.2) is 0 Å². The highest BCUT2D eigenvalue weighted by molar-refractivity contribution is 7.15. The van der Waals surface area contributed by atoms with Crippen LogP contribution in [0.1, 0.15) is 11.4 Å². The van der Waals surface area contributed by atoms with Gasteiger partial charge in [0.2, 0.25) is 16.9 Å². The maximum Gasteiger partial charge on any atom is 0.325 e. The number of hydrogen-bond donors (Lipinski definition) is 2. The van der Waals surface area contributed by atoms with E-state index in [1.807, 2.05) is 0 Å². The van der Waals surface area contributed by atoms with E-state index in [9.17, 15) is 14.4 Å². The summed E-state index contributed by atoms with van der Waals surface area (Å²) < 4.78 is 0. The minimum Gasteiger partial charge on any atom is -0.308 e. The van der Waals surface area contributed by atoms with Crippen molar-refractivity contribution in [1.82, 2.24) is 10.2 Å². The molecular weight excluding hydrogens is 378 g/mol. The molecule has 0 spiro atoms. The summed E-state index contributed by atoms with van der Waals surface area (Å²) in [6.45, 7) is 1.80. The maximum atomic E-state index is 12.8. The van der Waals surface area contributed by atoms with Crippen LogP contribution in [0.15, 0.2) is 36.4 Å². The molecule has 3 aliphatic rings. The lowest BCUT2D eigenvalue weighted by Gasteiger charge is -2.17. The summed E-state index contributed by atoms with van der Waals surface area (Å²) in [5, 5.41) is 14.1. The van der Waals surface area contributed by atoms with Crippen LogP contribution in [0.25, 0.3) is 0 Å². The molecule has 4 atom stereocenters. The Bertz CT molecular complexity index is 985. The van der Waals surface area contributed by atoms with Crippen LogP contribution in [-0.2, 0) is 9.59 Å². The first-order valence-electron chi connectivity index (χ1n) is 9.05. The molecule has 2 aromatic rings. The molecule has 2 bridgehead atoms. The molecule has 1 saturated heterocycles. The van der Waals surface area contributed by atoms with Crippen LogP contribution in [0.4, 0.5) is 21.3 Å². The molecular formula is C19H17N5O3S. The monoisotopic (exact) mass is 395 g/mol. The molecule has 4 amide bonds. The molecule has 0 radical (unpaired) electrons. The molecule has 1 aromatic heterocycles. The number of hydrogen-bond acceptors (Lipinski definition) is 6.